The van der Waals surface area contributed by atoms with Crippen molar-refractivity contribution >= 4 is 0 Å². The van der Waals surface area contributed by atoms with E-state index < -0.39 is 0 Å². The zero-order valence-corrected chi connectivity index (χ0v) is 11.6. The Bertz CT molecular complexity index is 176. The quantitative estimate of drug-likeness (QED) is 0.632. The van der Waals surface area contributed by atoms with Crippen LogP contribution >= 0.6 is 0 Å². The number of hydrogen-bond acceptors (Lipinski definition) is 4. The van der Waals surface area contributed by atoms with Gasteiger partial charge in [0.1, 0.15) is 0 Å². The van der Waals surface area contributed by atoms with Crippen molar-refractivity contribution in [3.05, 3.63) is 0 Å². The van der Waals surface area contributed by atoms with E-state index in [0.29, 0.717) is 6.54 Å². The topological polar surface area (TPSA) is 41.7 Å². The molecule has 4 nitrogen and oxygen atoms in total. The maximum Gasteiger partial charge on any atom is 0.0480 e. The van der Waals surface area contributed by atoms with E-state index in [2.05, 4.69) is 37.9 Å². The number of likely N-dealkylation sites (N-methyl/N-ethyl adjacent to an activating group) is 1. The van der Waals surface area contributed by atoms with Crippen LogP contribution in [-0.4, -0.2) is 69.8 Å². The van der Waals surface area contributed by atoms with Crippen molar-refractivity contribution in [1.82, 2.24) is 9.80 Å². The first-order chi connectivity index (χ1) is 7.46. The Morgan fingerprint density at radius 1 is 1.19 bits per heavy atom. The second-order valence-corrected chi connectivity index (χ2v) is 5.02. The fourth-order valence-electron chi connectivity index (χ4n) is 1.66. The lowest BCUT2D eigenvalue weighted by molar-refractivity contribution is 0.0867. The molecule has 0 aromatic carbocycles. The van der Waals surface area contributed by atoms with Crippen LogP contribution < -0.4 is 5.73 Å². The molecular weight excluding hydrogens is 202 g/mol. The van der Waals surface area contributed by atoms with Crippen molar-refractivity contribution in [3.8, 4) is 0 Å². The van der Waals surface area contributed by atoms with Crippen molar-refractivity contribution < 1.29 is 4.74 Å². The zero-order valence-electron chi connectivity index (χ0n) is 11.6. The van der Waals surface area contributed by atoms with Gasteiger partial charge in [-0.1, -0.05) is 0 Å². The van der Waals surface area contributed by atoms with E-state index in [4.69, 9.17) is 10.5 Å². The van der Waals surface area contributed by atoms with Gasteiger partial charge in [0.25, 0.3) is 0 Å². The molecule has 0 saturated heterocycles. The van der Waals surface area contributed by atoms with Crippen molar-refractivity contribution in [1.29, 1.82) is 0 Å². The first-order valence-electron chi connectivity index (χ1n) is 6.01. The molecule has 0 heterocycles. The predicted molar refractivity (Wildman–Crippen MR) is 69.8 cm³/mol. The Balaban J connectivity index is 4.02. The molecule has 0 amide bonds. The monoisotopic (exact) mass is 231 g/mol. The Morgan fingerprint density at radius 2 is 1.81 bits per heavy atom. The highest BCUT2D eigenvalue weighted by molar-refractivity contribution is 4.85. The van der Waals surface area contributed by atoms with Crippen molar-refractivity contribution in [3.63, 3.8) is 0 Å². The van der Waals surface area contributed by atoms with Crippen LogP contribution in [0.5, 0.6) is 0 Å². The van der Waals surface area contributed by atoms with Crippen LogP contribution in [0.3, 0.4) is 0 Å². The normalized spacial score (nSPS) is 15.8. The minimum atomic E-state index is 0.0579. The average Bonchev–Trinajstić information content (AvgIpc) is 2.25. The highest BCUT2D eigenvalue weighted by Crippen LogP contribution is 2.16. The van der Waals surface area contributed by atoms with Gasteiger partial charge in [-0.05, 0) is 54.0 Å². The first kappa shape index (κ1) is 15.8. The second kappa shape index (κ2) is 8.01. The summed E-state index contributed by atoms with van der Waals surface area (Å²) < 4.78 is 5.14. The van der Waals surface area contributed by atoms with Gasteiger partial charge in [-0.2, -0.15) is 0 Å². The third kappa shape index (κ3) is 5.80. The fourth-order valence-corrected chi connectivity index (χ4v) is 1.66. The summed E-state index contributed by atoms with van der Waals surface area (Å²) >= 11 is 0. The number of methoxy groups -OCH3 is 1. The summed E-state index contributed by atoms with van der Waals surface area (Å²) in [6.45, 7) is 5.85. The Hall–Kier alpha value is -0.160. The van der Waals surface area contributed by atoms with Gasteiger partial charge in [-0.3, -0.25) is 4.90 Å². The lowest BCUT2D eigenvalue weighted by atomic mass is 9.96. The number of hydrogen-bond donors (Lipinski definition) is 1. The SMILES string of the molecule is COCCC(C)(CN)N(C)CCCN(C)C. The average molecular weight is 231 g/mol. The molecule has 98 valence electrons. The van der Waals surface area contributed by atoms with E-state index in [1.54, 1.807) is 7.11 Å². The molecule has 0 bridgehead atoms. The molecule has 2 N–H and O–H groups in total. The molecule has 0 aliphatic carbocycles. The van der Waals surface area contributed by atoms with Gasteiger partial charge in [0.2, 0.25) is 0 Å². The molecule has 1 atom stereocenters. The number of ether oxygens (including phenoxy) is 1. The first-order valence-corrected chi connectivity index (χ1v) is 6.01. The van der Waals surface area contributed by atoms with E-state index in [9.17, 15) is 0 Å². The standard InChI is InChI=1S/C12H29N3O/c1-12(11-13,7-10-16-5)15(4)9-6-8-14(2)3/h6-11,13H2,1-5H3. The highest BCUT2D eigenvalue weighted by atomic mass is 16.5. The summed E-state index contributed by atoms with van der Waals surface area (Å²) in [5.74, 6) is 0. The summed E-state index contributed by atoms with van der Waals surface area (Å²) in [6, 6.07) is 0. The molecule has 0 aromatic heterocycles. The zero-order chi connectivity index (χ0) is 12.6. The van der Waals surface area contributed by atoms with Crippen LogP contribution in [0, 0.1) is 0 Å². The van der Waals surface area contributed by atoms with Gasteiger partial charge >= 0.3 is 0 Å². The summed E-state index contributed by atoms with van der Waals surface area (Å²) in [4.78, 5) is 4.57. The maximum absolute atomic E-state index is 5.87. The van der Waals surface area contributed by atoms with Crippen LogP contribution in [0.25, 0.3) is 0 Å². The molecule has 0 aromatic rings. The van der Waals surface area contributed by atoms with Crippen LogP contribution in [0.15, 0.2) is 0 Å². The molecule has 0 aliphatic heterocycles. The summed E-state index contributed by atoms with van der Waals surface area (Å²) in [5, 5.41) is 0. The van der Waals surface area contributed by atoms with E-state index >= 15 is 0 Å². The van der Waals surface area contributed by atoms with Crippen molar-refractivity contribution in [2.24, 2.45) is 5.73 Å². The maximum atomic E-state index is 5.87. The van der Waals surface area contributed by atoms with E-state index in [1.807, 2.05) is 0 Å². The minimum Gasteiger partial charge on any atom is -0.385 e. The number of nitrogens with two attached hydrogens (primary N) is 1. The van der Waals surface area contributed by atoms with Gasteiger partial charge in [0.05, 0.1) is 0 Å². The lowest BCUT2D eigenvalue weighted by Crippen LogP contribution is -2.51. The van der Waals surface area contributed by atoms with Crippen LogP contribution in [0.4, 0.5) is 0 Å². The molecule has 0 spiro atoms. The van der Waals surface area contributed by atoms with E-state index in [0.717, 1.165) is 26.1 Å². The van der Waals surface area contributed by atoms with Gasteiger partial charge in [0.15, 0.2) is 0 Å². The highest BCUT2D eigenvalue weighted by Gasteiger charge is 2.26. The molecule has 0 radical (unpaired) electrons. The van der Waals surface area contributed by atoms with E-state index in [1.165, 1.54) is 6.42 Å². The molecule has 1 unspecified atom stereocenters. The van der Waals surface area contributed by atoms with Crippen molar-refractivity contribution in [2.75, 3.05) is 54.5 Å². The third-order valence-corrected chi connectivity index (χ3v) is 3.30. The molecular formula is C12H29N3O. The Morgan fingerprint density at radius 3 is 2.25 bits per heavy atom. The summed E-state index contributed by atoms with van der Waals surface area (Å²) in [7, 11) is 8.10. The lowest BCUT2D eigenvalue weighted by Gasteiger charge is -2.38. The molecule has 16 heavy (non-hydrogen) atoms. The molecule has 0 fully saturated rings. The fraction of sp³-hybridized carbons (Fsp3) is 1.00. The van der Waals surface area contributed by atoms with Crippen molar-refractivity contribution in [2.45, 2.75) is 25.3 Å². The third-order valence-electron chi connectivity index (χ3n) is 3.30. The molecule has 0 aliphatic rings. The Kier molecular flexibility index (Phi) is 7.93. The van der Waals surface area contributed by atoms with Gasteiger partial charge < -0.3 is 15.4 Å². The van der Waals surface area contributed by atoms with Gasteiger partial charge in [-0.25, -0.2) is 0 Å². The Labute approximate surface area is 101 Å². The summed E-state index contributed by atoms with van der Waals surface area (Å²) in [6.07, 6.45) is 2.16. The van der Waals surface area contributed by atoms with Gasteiger partial charge in [-0.15, -0.1) is 0 Å². The molecule has 0 saturated carbocycles. The number of nitrogens with zero attached hydrogens (tertiary/aromatic N) is 2. The largest absolute Gasteiger partial charge is 0.385 e. The van der Waals surface area contributed by atoms with Crippen LogP contribution in [-0.2, 0) is 4.74 Å². The number of rotatable bonds is 9. The van der Waals surface area contributed by atoms with Gasteiger partial charge in [0, 0.05) is 25.8 Å². The predicted octanol–water partition coefficient (Wildman–Crippen LogP) is 0.624. The second-order valence-electron chi connectivity index (χ2n) is 5.02. The minimum absolute atomic E-state index is 0.0579. The van der Waals surface area contributed by atoms with E-state index in [-0.39, 0.29) is 5.54 Å². The van der Waals surface area contributed by atoms with Crippen LogP contribution in [0.1, 0.15) is 19.8 Å². The smallest absolute Gasteiger partial charge is 0.0480 e. The van der Waals surface area contributed by atoms with Crippen LogP contribution in [0.2, 0.25) is 0 Å². The molecule has 4 heteroatoms. The molecule has 0 rings (SSSR count). The summed E-state index contributed by atoms with van der Waals surface area (Å²) in [5.41, 5.74) is 5.93.